The highest BCUT2D eigenvalue weighted by Crippen LogP contribution is 2.23. The van der Waals surface area contributed by atoms with Crippen molar-refractivity contribution in [3.8, 4) is 5.75 Å². The first-order valence-corrected chi connectivity index (χ1v) is 6.33. The van der Waals surface area contributed by atoms with Crippen LogP contribution >= 0.6 is 11.6 Å². The van der Waals surface area contributed by atoms with Crippen molar-refractivity contribution in [2.45, 2.75) is 13.0 Å². The van der Waals surface area contributed by atoms with E-state index in [2.05, 4.69) is 0 Å². The van der Waals surface area contributed by atoms with Crippen LogP contribution in [-0.4, -0.2) is 33.5 Å². The summed E-state index contributed by atoms with van der Waals surface area (Å²) in [5.74, 6) is 0.752. The van der Waals surface area contributed by atoms with Crippen LogP contribution in [0.1, 0.15) is 12.0 Å². The molecule has 0 heterocycles. The van der Waals surface area contributed by atoms with Crippen LogP contribution in [0.4, 0.5) is 0 Å². The van der Waals surface area contributed by atoms with Crippen molar-refractivity contribution in [2.24, 2.45) is 5.73 Å². The van der Waals surface area contributed by atoms with E-state index in [-0.39, 0.29) is 0 Å². The number of hydrogen-bond donors (Lipinski definition) is 1. The van der Waals surface area contributed by atoms with Gasteiger partial charge in [-0.15, -0.1) is 0 Å². The predicted octanol–water partition coefficient (Wildman–Crippen LogP) is 2.23. The number of hydrogen-bond acceptors (Lipinski definition) is 4. The molecule has 5 heteroatoms. The lowest BCUT2D eigenvalue weighted by molar-refractivity contribution is 0.0644. The molecule has 0 spiro atoms. The summed E-state index contributed by atoms with van der Waals surface area (Å²) in [6, 6.07) is 5.48. The number of ether oxygens (including phenoxy) is 3. The molecule has 1 aromatic rings. The maximum absolute atomic E-state index is 5.91. The highest BCUT2D eigenvalue weighted by atomic mass is 35.5. The van der Waals surface area contributed by atoms with E-state index in [0.29, 0.717) is 38.0 Å². The van der Waals surface area contributed by atoms with Gasteiger partial charge in [0.1, 0.15) is 5.75 Å². The van der Waals surface area contributed by atoms with Gasteiger partial charge in [-0.05, 0) is 12.1 Å². The van der Waals surface area contributed by atoms with Gasteiger partial charge in [0.15, 0.2) is 0 Å². The third kappa shape index (κ3) is 5.69. The third-order valence-electron chi connectivity index (χ3n) is 2.37. The van der Waals surface area contributed by atoms with Gasteiger partial charge in [0.25, 0.3) is 0 Å². The zero-order valence-corrected chi connectivity index (χ0v) is 11.4. The molecule has 2 N–H and O–H groups in total. The summed E-state index contributed by atoms with van der Waals surface area (Å²) in [6.07, 6.45) is 0.820. The van der Waals surface area contributed by atoms with E-state index in [0.717, 1.165) is 17.7 Å². The second-order valence-corrected chi connectivity index (χ2v) is 4.20. The Morgan fingerprint density at radius 1 is 1.17 bits per heavy atom. The van der Waals surface area contributed by atoms with Gasteiger partial charge < -0.3 is 19.9 Å². The van der Waals surface area contributed by atoms with E-state index in [1.807, 2.05) is 12.1 Å². The first-order valence-electron chi connectivity index (χ1n) is 5.96. The van der Waals surface area contributed by atoms with Gasteiger partial charge >= 0.3 is 0 Å². The standard InChI is InChI=1S/C13H20ClNO3/c1-16-7-8-17-5-2-6-18-13-9-12(14)4-3-11(13)10-15/h3-4,9H,2,5-8,10,15H2,1H3. The van der Waals surface area contributed by atoms with Crippen LogP contribution in [0.2, 0.25) is 5.02 Å². The average molecular weight is 274 g/mol. The smallest absolute Gasteiger partial charge is 0.125 e. The zero-order valence-electron chi connectivity index (χ0n) is 10.7. The van der Waals surface area contributed by atoms with E-state index < -0.39 is 0 Å². The molecule has 0 bridgehead atoms. The molecule has 0 aliphatic rings. The van der Waals surface area contributed by atoms with Crippen molar-refractivity contribution in [3.63, 3.8) is 0 Å². The number of halogens is 1. The Balaban J connectivity index is 2.24. The summed E-state index contributed by atoms with van der Waals surface area (Å²) in [4.78, 5) is 0. The van der Waals surface area contributed by atoms with Crippen LogP contribution in [0.15, 0.2) is 18.2 Å². The molecule has 0 aliphatic carbocycles. The largest absolute Gasteiger partial charge is 0.493 e. The average Bonchev–Trinajstić information content (AvgIpc) is 2.38. The second kappa shape index (κ2) is 9.16. The molecule has 1 aromatic carbocycles. The van der Waals surface area contributed by atoms with Crippen LogP contribution in [0.5, 0.6) is 5.75 Å². The minimum atomic E-state index is 0.441. The lowest BCUT2D eigenvalue weighted by atomic mass is 10.2. The minimum Gasteiger partial charge on any atom is -0.493 e. The van der Waals surface area contributed by atoms with Crippen molar-refractivity contribution in [1.29, 1.82) is 0 Å². The fraction of sp³-hybridized carbons (Fsp3) is 0.538. The van der Waals surface area contributed by atoms with Gasteiger partial charge in [0.05, 0.1) is 19.8 Å². The molecule has 0 radical (unpaired) electrons. The Bertz CT molecular complexity index is 347. The van der Waals surface area contributed by atoms with Crippen molar-refractivity contribution in [3.05, 3.63) is 28.8 Å². The van der Waals surface area contributed by atoms with E-state index in [1.54, 1.807) is 13.2 Å². The zero-order chi connectivity index (χ0) is 13.2. The van der Waals surface area contributed by atoms with Crippen molar-refractivity contribution >= 4 is 11.6 Å². The number of benzene rings is 1. The molecule has 0 saturated carbocycles. The molecular formula is C13H20ClNO3. The molecule has 0 unspecified atom stereocenters. The lowest BCUT2D eigenvalue weighted by Gasteiger charge is -2.11. The highest BCUT2D eigenvalue weighted by molar-refractivity contribution is 6.30. The van der Waals surface area contributed by atoms with Crippen LogP contribution in [-0.2, 0) is 16.0 Å². The van der Waals surface area contributed by atoms with Gasteiger partial charge in [-0.3, -0.25) is 0 Å². The summed E-state index contributed by atoms with van der Waals surface area (Å²) in [7, 11) is 1.65. The first kappa shape index (κ1) is 15.2. The van der Waals surface area contributed by atoms with Gasteiger partial charge in [0, 0.05) is 37.3 Å². The summed E-state index contributed by atoms with van der Waals surface area (Å²) >= 11 is 5.91. The van der Waals surface area contributed by atoms with E-state index in [9.17, 15) is 0 Å². The first-order chi connectivity index (χ1) is 8.77. The van der Waals surface area contributed by atoms with Crippen LogP contribution < -0.4 is 10.5 Å². The SMILES string of the molecule is COCCOCCCOc1cc(Cl)ccc1CN. The maximum Gasteiger partial charge on any atom is 0.125 e. The van der Waals surface area contributed by atoms with Gasteiger partial charge in [0.2, 0.25) is 0 Å². The van der Waals surface area contributed by atoms with Crippen molar-refractivity contribution in [1.82, 2.24) is 0 Å². The van der Waals surface area contributed by atoms with E-state index >= 15 is 0 Å². The molecule has 0 aliphatic heterocycles. The van der Waals surface area contributed by atoms with E-state index in [1.165, 1.54) is 0 Å². The molecule has 0 saturated heterocycles. The number of nitrogens with two attached hydrogens (primary N) is 1. The molecule has 0 amide bonds. The Morgan fingerprint density at radius 2 is 2.00 bits per heavy atom. The summed E-state index contributed by atoms with van der Waals surface area (Å²) < 4.78 is 15.9. The topological polar surface area (TPSA) is 53.7 Å². The lowest BCUT2D eigenvalue weighted by Crippen LogP contribution is -2.08. The quantitative estimate of drug-likeness (QED) is 0.701. The van der Waals surface area contributed by atoms with Crippen LogP contribution in [0.3, 0.4) is 0 Å². The number of methoxy groups -OCH3 is 1. The molecule has 18 heavy (non-hydrogen) atoms. The molecule has 0 aromatic heterocycles. The van der Waals surface area contributed by atoms with Gasteiger partial charge in [-0.2, -0.15) is 0 Å². The Labute approximate surface area is 113 Å². The van der Waals surface area contributed by atoms with Crippen LogP contribution in [0.25, 0.3) is 0 Å². The summed E-state index contributed by atoms with van der Waals surface area (Å²) in [6.45, 7) is 2.91. The molecule has 1 rings (SSSR count). The Hall–Kier alpha value is -0.810. The predicted molar refractivity (Wildman–Crippen MR) is 72.2 cm³/mol. The van der Waals surface area contributed by atoms with Gasteiger partial charge in [-0.25, -0.2) is 0 Å². The number of rotatable bonds is 9. The molecule has 0 atom stereocenters. The Morgan fingerprint density at radius 3 is 2.72 bits per heavy atom. The van der Waals surface area contributed by atoms with E-state index in [4.69, 9.17) is 31.5 Å². The molecular weight excluding hydrogens is 254 g/mol. The normalized spacial score (nSPS) is 10.6. The maximum atomic E-state index is 5.91. The molecule has 4 nitrogen and oxygen atoms in total. The second-order valence-electron chi connectivity index (χ2n) is 3.76. The molecule has 102 valence electrons. The molecule has 0 fully saturated rings. The summed E-state index contributed by atoms with van der Waals surface area (Å²) in [5, 5.41) is 0.651. The highest BCUT2D eigenvalue weighted by Gasteiger charge is 2.03. The Kier molecular flexibility index (Phi) is 7.76. The monoisotopic (exact) mass is 273 g/mol. The summed E-state index contributed by atoms with van der Waals surface area (Å²) in [5.41, 5.74) is 6.58. The minimum absolute atomic E-state index is 0.441. The fourth-order valence-corrected chi connectivity index (χ4v) is 1.58. The van der Waals surface area contributed by atoms with Crippen molar-refractivity contribution in [2.75, 3.05) is 33.5 Å². The van der Waals surface area contributed by atoms with Gasteiger partial charge in [-0.1, -0.05) is 17.7 Å². The fourth-order valence-electron chi connectivity index (χ4n) is 1.42. The third-order valence-corrected chi connectivity index (χ3v) is 2.61. The van der Waals surface area contributed by atoms with Crippen molar-refractivity contribution < 1.29 is 14.2 Å². The van der Waals surface area contributed by atoms with Crippen LogP contribution in [0, 0.1) is 0 Å².